The highest BCUT2D eigenvalue weighted by Gasteiger charge is 2.33. The van der Waals surface area contributed by atoms with E-state index in [1.807, 2.05) is 0 Å². The Labute approximate surface area is 166 Å². The molecule has 1 amide bonds. The van der Waals surface area contributed by atoms with Gasteiger partial charge in [-0.25, -0.2) is 16.5 Å². The lowest BCUT2D eigenvalue weighted by molar-refractivity contribution is -0.130. The van der Waals surface area contributed by atoms with E-state index in [1.54, 1.807) is 0 Å². The van der Waals surface area contributed by atoms with E-state index in [4.69, 9.17) is 29.9 Å². The highest BCUT2D eigenvalue weighted by molar-refractivity contribution is 5.88. The van der Waals surface area contributed by atoms with Gasteiger partial charge in [-0.3, -0.25) is 4.79 Å². The van der Waals surface area contributed by atoms with Crippen molar-refractivity contribution in [3.05, 3.63) is 29.5 Å². The summed E-state index contributed by atoms with van der Waals surface area (Å²) in [6, 6.07) is -5.11. The van der Waals surface area contributed by atoms with E-state index in [1.165, 1.54) is 6.92 Å². The van der Waals surface area contributed by atoms with Gasteiger partial charge in [0.2, 0.25) is 0 Å². The fourth-order valence-electron chi connectivity index (χ4n) is 1.93. The van der Waals surface area contributed by atoms with Crippen LogP contribution in [0.15, 0.2) is 12.3 Å². The molecule has 0 radical (unpaired) electrons. The Bertz CT molecular complexity index is 1490. The molecule has 1 saturated heterocycles. The average molecular weight is 345 g/mol. The van der Waals surface area contributed by atoms with Crippen LogP contribution in [-0.4, -0.2) is 58.2 Å². The third kappa shape index (κ3) is 2.92. The molecule has 2 atom stereocenters. The van der Waals surface area contributed by atoms with Crippen LogP contribution in [0.4, 0.5) is 5.82 Å². The Morgan fingerprint density at radius 3 is 3.42 bits per heavy atom. The number of carbonyl (C=O) groups is 1. The van der Waals surface area contributed by atoms with Crippen LogP contribution in [0, 0.1) is 19.4 Å². The van der Waals surface area contributed by atoms with Crippen LogP contribution in [0.1, 0.15) is 43.6 Å². The first-order valence-electron chi connectivity index (χ1n) is 15.4. The zero-order valence-corrected chi connectivity index (χ0v) is 12.1. The monoisotopic (exact) mass is 344 g/mol. The van der Waals surface area contributed by atoms with Crippen molar-refractivity contribution >= 4 is 22.8 Å². The summed E-state index contributed by atoms with van der Waals surface area (Å²) in [5.41, 5.74) is -0.453. The standard InChI is InChI=1S/C17H22N6O/c1-11-5-6-23(15(24)8-18-3)9-14(11)22(4)17-13-7-12(2)21-16(13)19-10-20-17/h7,10-11,14H,5-6,8-9H2,1-2,4H3,(H,19,20,21)/t11-,14+/m1/s1/i1D3,4D3,5D2,6D2,7D,8D2,9D2,10D,11D,14D. The Morgan fingerprint density at radius 1 is 1.79 bits per heavy atom. The predicted molar refractivity (Wildman–Crippen MR) is 92.6 cm³/mol. The quantitative estimate of drug-likeness (QED) is 0.863. The Balaban J connectivity index is 2.71. The highest BCUT2D eigenvalue weighted by atomic mass is 16.2. The number of nitrogens with one attached hydrogen (secondary N) is 1. The van der Waals surface area contributed by atoms with Crippen LogP contribution >= 0.6 is 0 Å². The number of likely N-dealkylation sites (N-methyl/N-ethyl adjacent to an activating group) is 1. The predicted octanol–water partition coefficient (Wildman–Crippen LogP) is 1.86. The molecule has 0 bridgehead atoms. The van der Waals surface area contributed by atoms with Crippen molar-refractivity contribution in [2.45, 2.75) is 26.2 Å². The van der Waals surface area contributed by atoms with Gasteiger partial charge in [0.25, 0.3) is 6.50 Å². The first kappa shape index (κ1) is 5.19. The molecule has 0 saturated carbocycles. The van der Waals surface area contributed by atoms with Crippen LogP contribution in [-0.2, 0) is 4.79 Å². The number of aryl methyl sites for hydroxylation is 1. The van der Waals surface area contributed by atoms with E-state index in [-0.39, 0.29) is 5.69 Å². The molecule has 24 heavy (non-hydrogen) atoms. The number of aromatic nitrogens is 3. The van der Waals surface area contributed by atoms with Crippen LogP contribution < -0.4 is 4.90 Å². The molecule has 1 fully saturated rings. The van der Waals surface area contributed by atoms with Gasteiger partial charge in [0.15, 0.2) is 0 Å². The van der Waals surface area contributed by atoms with Gasteiger partial charge in [0.1, 0.15) is 21.9 Å². The highest BCUT2D eigenvalue weighted by Crippen LogP contribution is 2.29. The second kappa shape index (κ2) is 6.48. The van der Waals surface area contributed by atoms with E-state index < -0.39 is 96.5 Å². The van der Waals surface area contributed by atoms with Crippen molar-refractivity contribution < 1.29 is 29.5 Å². The maximum atomic E-state index is 13.2. The minimum Gasteiger partial charge on any atom is -0.354 e. The molecule has 7 heteroatoms. The summed E-state index contributed by atoms with van der Waals surface area (Å²) >= 11 is 0. The number of nitrogens with zero attached hydrogens (tertiary/aromatic N) is 5. The van der Waals surface area contributed by atoms with Crippen molar-refractivity contribution in [2.24, 2.45) is 5.89 Å². The zero-order valence-electron chi connectivity index (χ0n) is 30.1. The molecule has 1 aliphatic rings. The summed E-state index contributed by atoms with van der Waals surface area (Å²) in [5.74, 6) is -8.19. The molecule has 3 heterocycles. The number of hydrogen-bond donors (Lipinski definition) is 1. The Morgan fingerprint density at radius 2 is 2.67 bits per heavy atom. The molecule has 7 nitrogen and oxygen atoms in total. The summed E-state index contributed by atoms with van der Waals surface area (Å²) in [7, 11) is 0. The molecule has 126 valence electrons. The summed E-state index contributed by atoms with van der Waals surface area (Å²) in [4.78, 5) is 23.9. The van der Waals surface area contributed by atoms with Gasteiger partial charge >= 0.3 is 5.91 Å². The number of aromatic amines is 1. The normalized spacial score (nSPS) is 45.9. The smallest absolute Gasteiger partial charge is 0.302 e. The summed E-state index contributed by atoms with van der Waals surface area (Å²) in [6.45, 7) is -12.6. The molecule has 0 spiro atoms. The van der Waals surface area contributed by atoms with E-state index in [9.17, 15) is 6.17 Å². The molecule has 1 aliphatic heterocycles. The van der Waals surface area contributed by atoms with Crippen molar-refractivity contribution in [3.8, 4) is 0 Å². The van der Waals surface area contributed by atoms with E-state index >= 15 is 0 Å². The summed E-state index contributed by atoms with van der Waals surface area (Å²) < 4.78 is 150. The molecular formula is C17H22N6O. The van der Waals surface area contributed by atoms with Gasteiger partial charge in [0.05, 0.1) is 16.9 Å². The number of rotatable bonds is 3. The first-order valence-corrected chi connectivity index (χ1v) is 6.39. The van der Waals surface area contributed by atoms with Gasteiger partial charge in [-0.2, -0.15) is 0 Å². The SMILES string of the molecule is [2H]c1nc(N(C([2H])([2H])[2H])[C@@]2([2H])C([2H])([2H])N(C(=O)C([2H])([2H])[N+]#[C-])C([2H])([2H])C([2H])([2H])[C@@]2([2H])C([2H])([2H])[2H])c2c([2H])c(C)[nH]c2n1. The van der Waals surface area contributed by atoms with Gasteiger partial charge in [-0.1, -0.05) is 6.85 Å². The molecule has 0 aromatic carbocycles. The van der Waals surface area contributed by atoms with E-state index in [2.05, 4.69) is 19.8 Å². The number of fused-ring (bicyclic) bond motifs is 1. The maximum absolute atomic E-state index is 13.2. The van der Waals surface area contributed by atoms with Gasteiger partial charge in [0, 0.05) is 40.7 Å². The number of H-pyrrole nitrogens is 1. The van der Waals surface area contributed by atoms with Gasteiger partial charge < -0.3 is 19.6 Å². The number of hydrogen-bond acceptors (Lipinski definition) is 4. The lowest BCUT2D eigenvalue weighted by Crippen LogP contribution is -2.53. The van der Waals surface area contributed by atoms with E-state index in [0.717, 1.165) is 0 Å². The first-order chi connectivity index (χ1) is 18.5. The minimum atomic E-state index is -4.52. The molecule has 1 N–H and O–H groups in total. The van der Waals surface area contributed by atoms with E-state index in [0.29, 0.717) is 0 Å². The second-order valence-electron chi connectivity index (χ2n) is 4.52. The van der Waals surface area contributed by atoms with Gasteiger partial charge in [-0.05, 0) is 25.2 Å². The summed E-state index contributed by atoms with van der Waals surface area (Å²) in [5, 5.41) is -0.640. The number of amides is 1. The number of piperidine rings is 1. The Kier molecular flexibility index (Phi) is 1.40. The molecule has 0 unspecified atom stereocenters. The largest absolute Gasteiger partial charge is 0.354 e. The van der Waals surface area contributed by atoms with Crippen LogP contribution in [0.25, 0.3) is 15.9 Å². The third-order valence-electron chi connectivity index (χ3n) is 2.93. The van der Waals surface area contributed by atoms with Crippen molar-refractivity contribution in [1.82, 2.24) is 19.9 Å². The fourth-order valence-corrected chi connectivity index (χ4v) is 1.93. The number of likely N-dealkylation sites (tertiary alicyclic amines) is 1. The zero-order chi connectivity index (χ0) is 33.0. The van der Waals surface area contributed by atoms with Crippen LogP contribution in [0.2, 0.25) is 0 Å². The van der Waals surface area contributed by atoms with Crippen LogP contribution in [0.3, 0.4) is 0 Å². The fraction of sp³-hybridized carbons (Fsp3) is 0.529. The minimum absolute atomic E-state index is 0.0241. The molecule has 2 aromatic rings. The second-order valence-corrected chi connectivity index (χ2v) is 4.52. The summed E-state index contributed by atoms with van der Waals surface area (Å²) in [6.07, 6.45) is -5.45. The third-order valence-corrected chi connectivity index (χ3v) is 2.93. The average Bonchev–Trinajstić information content (AvgIpc) is 3.08. The number of anilines is 1. The van der Waals surface area contributed by atoms with Crippen molar-refractivity contribution in [3.63, 3.8) is 0 Å². The maximum Gasteiger partial charge on any atom is 0.302 e. The molecule has 3 rings (SSSR count). The Hall–Kier alpha value is -2.62. The lowest BCUT2D eigenvalue weighted by atomic mass is 9.92. The van der Waals surface area contributed by atoms with Crippen LogP contribution in [0.5, 0.6) is 0 Å². The van der Waals surface area contributed by atoms with Gasteiger partial charge in [-0.15, -0.1) is 0 Å². The van der Waals surface area contributed by atoms with Crippen molar-refractivity contribution in [2.75, 3.05) is 31.4 Å². The topological polar surface area (TPSA) is 69.5 Å². The number of carbonyl (C=O) groups excluding carboxylic acids is 1. The molecular weight excluding hydrogens is 304 g/mol. The van der Waals surface area contributed by atoms with Crippen molar-refractivity contribution in [1.29, 1.82) is 0 Å². The lowest BCUT2D eigenvalue weighted by Gasteiger charge is -2.41. The molecule has 2 aromatic heterocycles. The molecule has 0 aliphatic carbocycles.